The van der Waals surface area contributed by atoms with Crippen molar-refractivity contribution >= 4 is 5.91 Å². The summed E-state index contributed by atoms with van der Waals surface area (Å²) < 4.78 is 0. The number of nitrogens with one attached hydrogen (secondary N) is 1. The average Bonchev–Trinajstić information content (AvgIpc) is 2.56. The van der Waals surface area contributed by atoms with E-state index in [1.807, 2.05) is 0 Å². The van der Waals surface area contributed by atoms with Crippen molar-refractivity contribution in [2.45, 2.75) is 71.3 Å². The fraction of sp³-hybridized carbons (Fsp3) is 0.933. The van der Waals surface area contributed by atoms with Crippen LogP contribution in [-0.2, 0) is 4.79 Å². The van der Waals surface area contributed by atoms with Crippen molar-refractivity contribution in [3.8, 4) is 0 Å². The first-order valence-electron chi connectivity index (χ1n) is 7.61. The van der Waals surface area contributed by atoms with Crippen LogP contribution in [0.15, 0.2) is 0 Å². The van der Waals surface area contributed by atoms with Crippen molar-refractivity contribution < 1.29 is 4.79 Å². The highest BCUT2D eigenvalue weighted by atomic mass is 16.1. The van der Waals surface area contributed by atoms with Gasteiger partial charge in [0.25, 0.3) is 0 Å². The Bertz CT molecular complexity index is 227. The molecule has 1 aliphatic rings. The van der Waals surface area contributed by atoms with Gasteiger partial charge in [0.1, 0.15) is 0 Å². The van der Waals surface area contributed by atoms with Gasteiger partial charge in [0.2, 0.25) is 5.91 Å². The van der Waals surface area contributed by atoms with E-state index in [4.69, 9.17) is 5.73 Å². The van der Waals surface area contributed by atoms with E-state index in [0.717, 1.165) is 19.3 Å². The third-order valence-corrected chi connectivity index (χ3v) is 3.83. The van der Waals surface area contributed by atoms with E-state index < -0.39 is 0 Å². The second-order valence-corrected chi connectivity index (χ2v) is 6.19. The van der Waals surface area contributed by atoms with Crippen molar-refractivity contribution in [2.24, 2.45) is 17.6 Å². The van der Waals surface area contributed by atoms with Crippen LogP contribution in [0.5, 0.6) is 0 Å². The molecule has 3 heteroatoms. The summed E-state index contributed by atoms with van der Waals surface area (Å²) >= 11 is 0. The largest absolute Gasteiger partial charge is 0.353 e. The third-order valence-electron chi connectivity index (χ3n) is 3.83. The summed E-state index contributed by atoms with van der Waals surface area (Å²) in [6, 6.07) is 0.414. The summed E-state index contributed by atoms with van der Waals surface area (Å²) in [4.78, 5) is 12.0. The van der Waals surface area contributed by atoms with E-state index in [1.54, 1.807) is 0 Å². The minimum absolute atomic E-state index is 0.206. The van der Waals surface area contributed by atoms with Gasteiger partial charge in [-0.15, -0.1) is 0 Å². The second kappa shape index (κ2) is 8.52. The monoisotopic (exact) mass is 254 g/mol. The molecule has 1 amide bonds. The molecule has 0 aliphatic heterocycles. The van der Waals surface area contributed by atoms with E-state index in [1.165, 1.54) is 25.7 Å². The predicted octanol–water partition coefficient (Wildman–Crippen LogP) is 2.84. The van der Waals surface area contributed by atoms with Crippen molar-refractivity contribution in [2.75, 3.05) is 6.54 Å². The molecular formula is C15H30N2O. The summed E-state index contributed by atoms with van der Waals surface area (Å²) in [6.07, 6.45) is 9.14. The molecule has 1 aliphatic carbocycles. The van der Waals surface area contributed by atoms with Crippen molar-refractivity contribution in [3.63, 3.8) is 0 Å². The van der Waals surface area contributed by atoms with Crippen LogP contribution < -0.4 is 11.1 Å². The Hall–Kier alpha value is -0.570. The molecule has 1 unspecified atom stereocenters. The van der Waals surface area contributed by atoms with E-state index in [0.29, 0.717) is 30.8 Å². The molecule has 3 nitrogen and oxygen atoms in total. The van der Waals surface area contributed by atoms with Gasteiger partial charge in [-0.2, -0.15) is 0 Å². The predicted molar refractivity (Wildman–Crippen MR) is 76.2 cm³/mol. The Morgan fingerprint density at radius 2 is 1.83 bits per heavy atom. The molecule has 0 spiro atoms. The molecule has 106 valence electrons. The minimum Gasteiger partial charge on any atom is -0.353 e. The highest BCUT2D eigenvalue weighted by Gasteiger charge is 2.18. The molecule has 0 heterocycles. The molecule has 0 aromatic carbocycles. The highest BCUT2D eigenvalue weighted by Crippen LogP contribution is 2.18. The third kappa shape index (κ3) is 6.39. The lowest BCUT2D eigenvalue weighted by Gasteiger charge is -2.20. The number of hydrogen-bond donors (Lipinski definition) is 2. The zero-order valence-electron chi connectivity index (χ0n) is 12.1. The maximum atomic E-state index is 12.0. The maximum absolute atomic E-state index is 12.0. The number of amides is 1. The summed E-state index contributed by atoms with van der Waals surface area (Å²) in [5.41, 5.74) is 5.75. The molecule has 0 bridgehead atoms. The lowest BCUT2D eigenvalue weighted by Crippen LogP contribution is -2.36. The van der Waals surface area contributed by atoms with Crippen LogP contribution in [0, 0.1) is 11.8 Å². The molecule has 0 aromatic heterocycles. The maximum Gasteiger partial charge on any atom is 0.220 e. The quantitative estimate of drug-likeness (QED) is 0.716. The zero-order valence-corrected chi connectivity index (χ0v) is 12.1. The summed E-state index contributed by atoms with van der Waals surface area (Å²) in [5.74, 6) is 1.16. The van der Waals surface area contributed by atoms with Crippen molar-refractivity contribution in [3.05, 3.63) is 0 Å². The van der Waals surface area contributed by atoms with Crippen LogP contribution in [0.1, 0.15) is 65.2 Å². The Morgan fingerprint density at radius 3 is 2.33 bits per heavy atom. The zero-order chi connectivity index (χ0) is 13.4. The van der Waals surface area contributed by atoms with Gasteiger partial charge in [-0.3, -0.25) is 4.79 Å². The SMILES string of the molecule is CC(C)CC(CN)CC(=O)NC1CCCCCC1. The normalized spacial score (nSPS) is 19.6. The van der Waals surface area contributed by atoms with Crippen LogP contribution in [0.2, 0.25) is 0 Å². The van der Waals surface area contributed by atoms with Crippen LogP contribution in [0.4, 0.5) is 0 Å². The van der Waals surface area contributed by atoms with Gasteiger partial charge in [0, 0.05) is 12.5 Å². The van der Waals surface area contributed by atoms with Crippen LogP contribution >= 0.6 is 0 Å². The molecule has 3 N–H and O–H groups in total. The average molecular weight is 254 g/mol. The van der Waals surface area contributed by atoms with Gasteiger partial charge in [-0.25, -0.2) is 0 Å². The lowest BCUT2D eigenvalue weighted by atomic mass is 9.94. The first kappa shape index (κ1) is 15.5. The number of nitrogens with two attached hydrogens (primary N) is 1. The number of rotatable bonds is 6. The van der Waals surface area contributed by atoms with Gasteiger partial charge < -0.3 is 11.1 Å². The Balaban J connectivity index is 2.29. The molecular weight excluding hydrogens is 224 g/mol. The Kier molecular flexibility index (Phi) is 7.33. The van der Waals surface area contributed by atoms with E-state index in [2.05, 4.69) is 19.2 Å². The van der Waals surface area contributed by atoms with Crippen LogP contribution in [0.3, 0.4) is 0 Å². The standard InChI is InChI=1S/C15H30N2O/c1-12(2)9-13(11-16)10-15(18)17-14-7-5-3-4-6-8-14/h12-14H,3-11,16H2,1-2H3,(H,17,18). The van der Waals surface area contributed by atoms with Gasteiger partial charge in [-0.05, 0) is 37.6 Å². The van der Waals surface area contributed by atoms with E-state index in [9.17, 15) is 4.79 Å². The van der Waals surface area contributed by atoms with E-state index >= 15 is 0 Å². The van der Waals surface area contributed by atoms with E-state index in [-0.39, 0.29) is 5.91 Å². The summed E-state index contributed by atoms with van der Waals surface area (Å²) in [6.45, 7) is 4.99. The first-order valence-corrected chi connectivity index (χ1v) is 7.61. The number of carbonyl (C=O) groups is 1. The molecule has 0 saturated heterocycles. The molecule has 0 radical (unpaired) electrons. The minimum atomic E-state index is 0.206. The van der Waals surface area contributed by atoms with Crippen LogP contribution in [0.25, 0.3) is 0 Å². The molecule has 1 rings (SSSR count). The summed E-state index contributed by atoms with van der Waals surface area (Å²) in [7, 11) is 0. The number of hydrogen-bond acceptors (Lipinski definition) is 2. The first-order chi connectivity index (χ1) is 8.61. The van der Waals surface area contributed by atoms with Gasteiger partial charge in [0.05, 0.1) is 0 Å². The molecule has 1 saturated carbocycles. The highest BCUT2D eigenvalue weighted by molar-refractivity contribution is 5.76. The molecule has 0 aromatic rings. The van der Waals surface area contributed by atoms with Gasteiger partial charge in [-0.1, -0.05) is 39.5 Å². The molecule has 1 fully saturated rings. The van der Waals surface area contributed by atoms with Gasteiger partial charge >= 0.3 is 0 Å². The molecule has 18 heavy (non-hydrogen) atoms. The van der Waals surface area contributed by atoms with Crippen molar-refractivity contribution in [1.29, 1.82) is 0 Å². The lowest BCUT2D eigenvalue weighted by molar-refractivity contribution is -0.122. The van der Waals surface area contributed by atoms with Crippen molar-refractivity contribution in [1.82, 2.24) is 5.32 Å². The fourth-order valence-corrected chi connectivity index (χ4v) is 2.90. The Morgan fingerprint density at radius 1 is 1.22 bits per heavy atom. The molecule has 1 atom stereocenters. The Labute approximate surface area is 112 Å². The second-order valence-electron chi connectivity index (χ2n) is 6.19. The van der Waals surface area contributed by atoms with Gasteiger partial charge in [0.15, 0.2) is 0 Å². The topological polar surface area (TPSA) is 55.1 Å². The smallest absolute Gasteiger partial charge is 0.220 e. The number of carbonyl (C=O) groups excluding carboxylic acids is 1. The van der Waals surface area contributed by atoms with Crippen LogP contribution in [-0.4, -0.2) is 18.5 Å². The summed E-state index contributed by atoms with van der Waals surface area (Å²) in [5, 5.41) is 3.20. The fourth-order valence-electron chi connectivity index (χ4n) is 2.90.